The summed E-state index contributed by atoms with van der Waals surface area (Å²) in [7, 11) is 0. The number of Topliss-reactive ketones (excluding diaryl/α,β-unsaturated/α-hetero) is 2. The first kappa shape index (κ1) is 20.0. The molecule has 0 saturated heterocycles. The van der Waals surface area contributed by atoms with E-state index in [2.05, 4.69) is 15.9 Å². The summed E-state index contributed by atoms with van der Waals surface area (Å²) >= 11 is 3.30. The van der Waals surface area contributed by atoms with Gasteiger partial charge in [0.15, 0.2) is 0 Å². The lowest BCUT2D eigenvalue weighted by Gasteiger charge is -2.26. The maximum atomic E-state index is 11.7. The second-order valence-corrected chi connectivity index (χ2v) is 6.60. The highest BCUT2D eigenvalue weighted by molar-refractivity contribution is 9.10. The van der Waals surface area contributed by atoms with Crippen molar-refractivity contribution in [3.05, 3.63) is 34.3 Å². The first-order valence-electron chi connectivity index (χ1n) is 7.36. The number of carbonyl (C=O) groups is 4. The molecule has 0 aliphatic heterocycles. The molecule has 0 saturated carbocycles. The van der Waals surface area contributed by atoms with Gasteiger partial charge in [-0.2, -0.15) is 0 Å². The van der Waals surface area contributed by atoms with Crippen molar-refractivity contribution in [1.82, 2.24) is 0 Å². The Morgan fingerprint density at radius 2 is 1.33 bits per heavy atom. The molecule has 1 aromatic carbocycles. The molecule has 6 nitrogen and oxygen atoms in total. The molecule has 7 heteroatoms. The van der Waals surface area contributed by atoms with Crippen LogP contribution >= 0.6 is 15.9 Å². The van der Waals surface area contributed by atoms with E-state index in [0.29, 0.717) is 6.42 Å². The van der Waals surface area contributed by atoms with E-state index in [1.807, 2.05) is 24.3 Å². The van der Waals surface area contributed by atoms with Crippen LogP contribution in [0.2, 0.25) is 0 Å². The van der Waals surface area contributed by atoms with Crippen molar-refractivity contribution >= 4 is 39.4 Å². The number of ketones is 2. The quantitative estimate of drug-likeness (QED) is 0.618. The van der Waals surface area contributed by atoms with Crippen molar-refractivity contribution in [3.8, 4) is 0 Å². The lowest BCUT2D eigenvalue weighted by atomic mass is 9.74. The molecule has 0 aromatic heterocycles. The van der Waals surface area contributed by atoms with Crippen molar-refractivity contribution in [2.24, 2.45) is 17.8 Å². The maximum Gasteiger partial charge on any atom is 0.314 e. The Balaban J connectivity index is 3.13. The third-order valence-corrected chi connectivity index (χ3v) is 4.47. The highest BCUT2D eigenvalue weighted by Gasteiger charge is 2.42. The van der Waals surface area contributed by atoms with E-state index in [9.17, 15) is 29.4 Å². The lowest BCUT2D eigenvalue weighted by molar-refractivity contribution is -0.154. The number of benzene rings is 1. The van der Waals surface area contributed by atoms with Gasteiger partial charge in [0.2, 0.25) is 0 Å². The molecule has 1 aromatic rings. The third kappa shape index (κ3) is 5.26. The monoisotopic (exact) mass is 398 g/mol. The summed E-state index contributed by atoms with van der Waals surface area (Å²) < 4.78 is 0.877. The van der Waals surface area contributed by atoms with Crippen molar-refractivity contribution < 1.29 is 29.4 Å². The van der Waals surface area contributed by atoms with Crippen LogP contribution in [-0.4, -0.2) is 33.7 Å². The largest absolute Gasteiger partial charge is 0.481 e. The summed E-state index contributed by atoms with van der Waals surface area (Å²) in [5.41, 5.74) is 0.864. The normalized spacial score (nSPS) is 14.5. The van der Waals surface area contributed by atoms with E-state index in [0.717, 1.165) is 23.9 Å². The van der Waals surface area contributed by atoms with Crippen LogP contribution in [-0.2, 0) is 25.6 Å². The number of rotatable bonds is 9. The molecule has 0 fully saturated rings. The Kier molecular flexibility index (Phi) is 7.28. The molecule has 0 heterocycles. The fraction of sp³-hybridized carbons (Fsp3) is 0.412. The molecule has 24 heavy (non-hydrogen) atoms. The minimum atomic E-state index is -1.52. The van der Waals surface area contributed by atoms with E-state index in [1.165, 1.54) is 0 Å². The van der Waals surface area contributed by atoms with Crippen LogP contribution in [0, 0.1) is 17.8 Å². The van der Waals surface area contributed by atoms with E-state index >= 15 is 0 Å². The Bertz CT molecular complexity index is 577. The average molecular weight is 399 g/mol. The first-order chi connectivity index (χ1) is 11.1. The number of carboxylic acid groups (broad SMARTS) is 2. The molecule has 0 amide bonds. The van der Waals surface area contributed by atoms with Crippen LogP contribution in [0.3, 0.4) is 0 Å². The van der Waals surface area contributed by atoms with Gasteiger partial charge in [-0.15, -0.1) is 0 Å². The van der Waals surface area contributed by atoms with Crippen LogP contribution in [0.5, 0.6) is 0 Å². The van der Waals surface area contributed by atoms with Gasteiger partial charge in [-0.25, -0.2) is 0 Å². The van der Waals surface area contributed by atoms with Gasteiger partial charge >= 0.3 is 11.9 Å². The smallest absolute Gasteiger partial charge is 0.314 e. The Hall–Kier alpha value is -2.02. The van der Waals surface area contributed by atoms with E-state index in [4.69, 9.17) is 0 Å². The van der Waals surface area contributed by atoms with Gasteiger partial charge in [-0.3, -0.25) is 19.2 Å². The molecule has 0 aliphatic carbocycles. The van der Waals surface area contributed by atoms with Crippen LogP contribution in [0.1, 0.15) is 25.8 Å². The van der Waals surface area contributed by atoms with Crippen molar-refractivity contribution in [1.29, 1.82) is 0 Å². The molecule has 130 valence electrons. The van der Waals surface area contributed by atoms with Gasteiger partial charge < -0.3 is 10.2 Å². The zero-order valence-corrected chi connectivity index (χ0v) is 14.9. The minimum Gasteiger partial charge on any atom is -0.481 e. The van der Waals surface area contributed by atoms with Crippen molar-refractivity contribution in [2.45, 2.75) is 26.7 Å². The summed E-state index contributed by atoms with van der Waals surface area (Å²) in [5, 5.41) is 18.7. The molecule has 0 radical (unpaired) electrons. The molecular formula is C17H19BrO6. The number of carboxylic acids is 2. The van der Waals surface area contributed by atoms with Crippen LogP contribution in [0.4, 0.5) is 0 Å². The molecular weight excluding hydrogens is 380 g/mol. The fourth-order valence-corrected chi connectivity index (χ4v) is 3.09. The van der Waals surface area contributed by atoms with Crippen molar-refractivity contribution in [2.75, 3.05) is 0 Å². The molecule has 2 unspecified atom stereocenters. The predicted molar refractivity (Wildman–Crippen MR) is 89.6 cm³/mol. The average Bonchev–Trinajstić information content (AvgIpc) is 2.44. The van der Waals surface area contributed by atoms with Gasteiger partial charge in [0.1, 0.15) is 23.4 Å². The summed E-state index contributed by atoms with van der Waals surface area (Å²) in [5.74, 6) is -8.27. The summed E-state index contributed by atoms with van der Waals surface area (Å²) in [6.45, 7) is 2.20. The standard InChI is InChI=1S/C17H19BrO6/c1-9(19)14(16(21)22)13(15(10(2)20)17(23)24)8-5-11-3-6-12(18)7-4-11/h3-4,6-7,13-15H,5,8H2,1-2H3,(H,21,22)(H,23,24). The van der Waals surface area contributed by atoms with Gasteiger partial charge in [0.05, 0.1) is 0 Å². The Morgan fingerprint density at radius 1 is 0.917 bits per heavy atom. The van der Waals surface area contributed by atoms with E-state index < -0.39 is 41.3 Å². The summed E-state index contributed by atoms with van der Waals surface area (Å²) in [6, 6.07) is 7.25. The zero-order valence-electron chi connectivity index (χ0n) is 13.4. The van der Waals surface area contributed by atoms with Crippen LogP contribution in [0.15, 0.2) is 28.7 Å². The summed E-state index contributed by atoms with van der Waals surface area (Å²) in [6.07, 6.45) is 0.473. The second-order valence-electron chi connectivity index (χ2n) is 5.68. The first-order valence-corrected chi connectivity index (χ1v) is 8.15. The Morgan fingerprint density at radius 3 is 1.67 bits per heavy atom. The number of aryl methyl sites for hydroxylation is 1. The summed E-state index contributed by atoms with van der Waals surface area (Å²) in [4.78, 5) is 46.4. The van der Waals surface area contributed by atoms with Crippen molar-refractivity contribution in [3.63, 3.8) is 0 Å². The van der Waals surface area contributed by atoms with Gasteiger partial charge in [0, 0.05) is 4.47 Å². The van der Waals surface area contributed by atoms with Crippen LogP contribution < -0.4 is 0 Å². The number of aliphatic carboxylic acids is 2. The van der Waals surface area contributed by atoms with E-state index in [1.54, 1.807) is 0 Å². The molecule has 1 rings (SSSR count). The topological polar surface area (TPSA) is 109 Å². The molecule has 0 spiro atoms. The number of carbonyl (C=O) groups excluding carboxylic acids is 2. The van der Waals surface area contributed by atoms with Crippen LogP contribution in [0.25, 0.3) is 0 Å². The SMILES string of the molecule is CC(=O)C(C(=O)O)C(CCc1ccc(Br)cc1)C(C(C)=O)C(=O)O. The number of hydrogen-bond donors (Lipinski definition) is 2. The van der Waals surface area contributed by atoms with Gasteiger partial charge in [0.25, 0.3) is 0 Å². The number of hydrogen-bond acceptors (Lipinski definition) is 4. The molecule has 0 bridgehead atoms. The molecule has 2 atom stereocenters. The highest BCUT2D eigenvalue weighted by atomic mass is 79.9. The molecule has 0 aliphatic rings. The molecule has 2 N–H and O–H groups in total. The Labute approximate surface area is 148 Å². The highest BCUT2D eigenvalue weighted by Crippen LogP contribution is 2.29. The van der Waals surface area contributed by atoms with E-state index in [-0.39, 0.29) is 6.42 Å². The van der Waals surface area contributed by atoms with Gasteiger partial charge in [-0.05, 0) is 50.3 Å². The van der Waals surface area contributed by atoms with Gasteiger partial charge in [-0.1, -0.05) is 28.1 Å². The zero-order chi connectivity index (χ0) is 18.4. The second kappa shape index (κ2) is 8.73. The maximum absolute atomic E-state index is 11.7. The third-order valence-electron chi connectivity index (χ3n) is 3.94. The predicted octanol–water partition coefficient (Wildman–Crippen LogP) is 2.58. The fourth-order valence-electron chi connectivity index (χ4n) is 2.83. The minimum absolute atomic E-state index is 0.106. The number of halogens is 1. The lowest BCUT2D eigenvalue weighted by Crippen LogP contribution is -2.40.